The highest BCUT2D eigenvalue weighted by molar-refractivity contribution is 6.23. The van der Waals surface area contributed by atoms with Crippen LogP contribution in [0.4, 0.5) is 0 Å². The van der Waals surface area contributed by atoms with Gasteiger partial charge in [0, 0.05) is 35.5 Å². The number of aliphatic hydroxyl groups excluding tert-OH is 2. The number of rotatable bonds is 14. The van der Waals surface area contributed by atoms with Crippen molar-refractivity contribution in [3.63, 3.8) is 0 Å². The summed E-state index contributed by atoms with van der Waals surface area (Å²) in [6, 6.07) is 0. The summed E-state index contributed by atoms with van der Waals surface area (Å²) in [7, 11) is 0. The second-order valence-electron chi connectivity index (χ2n) is 11.4. The van der Waals surface area contributed by atoms with Crippen LogP contribution < -0.4 is 0 Å². The molecule has 2 aliphatic rings. The normalized spacial score (nSPS) is 17.4. The molecule has 0 saturated heterocycles. The molecular weight excluding hydrogens is 456 g/mol. The maximum atomic E-state index is 12.9. The molecule has 0 spiro atoms. The molecular formula is C30H40O6. The number of unbranched alkanes of at least 4 members (excludes halogenated alkanes) is 2. The molecule has 0 fully saturated rings. The van der Waals surface area contributed by atoms with Gasteiger partial charge in [-0.05, 0) is 73.7 Å². The summed E-state index contributed by atoms with van der Waals surface area (Å²) in [6.45, 7) is 8.13. The molecule has 0 aromatic heterocycles. The first-order valence-electron chi connectivity index (χ1n) is 12.8. The Labute approximate surface area is 214 Å². The van der Waals surface area contributed by atoms with Crippen LogP contribution in [0.3, 0.4) is 0 Å². The third-order valence-electron chi connectivity index (χ3n) is 6.73. The molecule has 2 aliphatic carbocycles. The number of ketones is 4. The Bertz CT molecular complexity index is 948. The number of aliphatic hydroxyl groups is 2. The Kier molecular flexibility index (Phi) is 10.7. The average Bonchev–Trinajstić information content (AvgIpc) is 2.82. The van der Waals surface area contributed by atoms with Crippen molar-refractivity contribution in [2.24, 2.45) is 10.8 Å². The van der Waals surface area contributed by atoms with Gasteiger partial charge in [-0.2, -0.15) is 0 Å². The van der Waals surface area contributed by atoms with Gasteiger partial charge >= 0.3 is 0 Å². The first kappa shape index (κ1) is 29.5. The summed E-state index contributed by atoms with van der Waals surface area (Å²) in [5.41, 5.74) is 0.949. The minimum atomic E-state index is -0.272. The molecule has 0 radical (unpaired) electrons. The third-order valence-corrected chi connectivity index (χ3v) is 6.73. The quantitative estimate of drug-likeness (QED) is 0.266. The van der Waals surface area contributed by atoms with Crippen LogP contribution in [0.25, 0.3) is 0 Å². The molecule has 6 heteroatoms. The molecule has 196 valence electrons. The molecule has 6 nitrogen and oxygen atoms in total. The van der Waals surface area contributed by atoms with Crippen LogP contribution in [-0.4, -0.2) is 46.6 Å². The van der Waals surface area contributed by atoms with Crippen molar-refractivity contribution in [2.75, 3.05) is 13.2 Å². The minimum Gasteiger partial charge on any atom is -0.396 e. The van der Waals surface area contributed by atoms with E-state index in [1.807, 2.05) is 27.7 Å². The van der Waals surface area contributed by atoms with Gasteiger partial charge in [0.15, 0.2) is 23.1 Å². The zero-order chi connectivity index (χ0) is 26.9. The molecule has 0 aromatic carbocycles. The van der Waals surface area contributed by atoms with Crippen molar-refractivity contribution in [3.05, 3.63) is 58.7 Å². The van der Waals surface area contributed by atoms with E-state index in [1.54, 1.807) is 0 Å². The summed E-state index contributed by atoms with van der Waals surface area (Å²) in [5.74, 6) is -1.04. The van der Waals surface area contributed by atoms with Gasteiger partial charge in [0.25, 0.3) is 0 Å². The van der Waals surface area contributed by atoms with Crippen LogP contribution >= 0.6 is 0 Å². The highest BCUT2D eigenvalue weighted by Gasteiger charge is 2.23. The Hall–Kier alpha value is -2.70. The largest absolute Gasteiger partial charge is 0.396 e. The van der Waals surface area contributed by atoms with E-state index in [-0.39, 0.29) is 58.3 Å². The van der Waals surface area contributed by atoms with Crippen molar-refractivity contribution in [3.8, 4) is 0 Å². The highest BCUT2D eigenvalue weighted by atomic mass is 16.3. The predicted molar refractivity (Wildman–Crippen MR) is 140 cm³/mol. The minimum absolute atomic E-state index is 0.0979. The molecule has 2 rings (SSSR count). The summed E-state index contributed by atoms with van der Waals surface area (Å²) < 4.78 is 0. The van der Waals surface area contributed by atoms with E-state index >= 15 is 0 Å². The van der Waals surface area contributed by atoms with E-state index < -0.39 is 0 Å². The molecule has 0 saturated carbocycles. The van der Waals surface area contributed by atoms with Crippen LogP contribution in [0.15, 0.2) is 58.7 Å². The molecule has 0 unspecified atom stereocenters. The predicted octanol–water partition coefficient (Wildman–Crippen LogP) is 4.71. The van der Waals surface area contributed by atoms with E-state index in [4.69, 9.17) is 0 Å². The van der Waals surface area contributed by atoms with Crippen molar-refractivity contribution >= 4 is 23.1 Å². The molecule has 0 bridgehead atoms. The van der Waals surface area contributed by atoms with Gasteiger partial charge in [-0.1, -0.05) is 52.7 Å². The van der Waals surface area contributed by atoms with Crippen LogP contribution in [0.5, 0.6) is 0 Å². The topological polar surface area (TPSA) is 109 Å². The Morgan fingerprint density at radius 2 is 0.972 bits per heavy atom. The zero-order valence-electron chi connectivity index (χ0n) is 22.1. The Morgan fingerprint density at radius 1 is 0.611 bits per heavy atom. The van der Waals surface area contributed by atoms with Crippen LogP contribution in [-0.2, 0) is 19.2 Å². The maximum Gasteiger partial charge on any atom is 0.189 e. The molecule has 0 atom stereocenters. The second-order valence-corrected chi connectivity index (χ2v) is 11.4. The first-order chi connectivity index (χ1) is 16.9. The number of Topliss-reactive ketones (excluding diaryl/α,β-unsaturated/α-hetero) is 2. The van der Waals surface area contributed by atoms with Crippen LogP contribution in [0.2, 0.25) is 0 Å². The molecule has 0 aromatic rings. The van der Waals surface area contributed by atoms with Gasteiger partial charge in [-0.3, -0.25) is 19.2 Å². The van der Waals surface area contributed by atoms with Crippen LogP contribution in [0, 0.1) is 10.8 Å². The lowest BCUT2D eigenvalue weighted by Gasteiger charge is -2.21. The van der Waals surface area contributed by atoms with Crippen molar-refractivity contribution < 1.29 is 29.4 Å². The SMILES string of the molecule is CC(C)(CO)CCCCC1=CC(=O)C=C(/C=C/C2=CC(=O)C=C(CCCCC(C)(C)CO)C2=O)C1=O. The van der Waals surface area contributed by atoms with Crippen molar-refractivity contribution in [1.82, 2.24) is 0 Å². The smallest absolute Gasteiger partial charge is 0.189 e. The van der Waals surface area contributed by atoms with Gasteiger partial charge < -0.3 is 10.2 Å². The monoisotopic (exact) mass is 496 g/mol. The average molecular weight is 497 g/mol. The van der Waals surface area contributed by atoms with E-state index in [0.717, 1.165) is 38.5 Å². The lowest BCUT2D eigenvalue weighted by atomic mass is 9.86. The van der Waals surface area contributed by atoms with Gasteiger partial charge in [0.2, 0.25) is 0 Å². The Balaban J connectivity index is 1.97. The number of carbonyl (C=O) groups excluding carboxylic acids is 4. The fourth-order valence-corrected chi connectivity index (χ4v) is 4.16. The van der Waals surface area contributed by atoms with E-state index in [0.29, 0.717) is 24.0 Å². The molecule has 2 N–H and O–H groups in total. The third kappa shape index (κ3) is 9.07. The van der Waals surface area contributed by atoms with E-state index in [1.165, 1.54) is 36.5 Å². The van der Waals surface area contributed by atoms with Crippen LogP contribution in [0.1, 0.15) is 79.1 Å². The van der Waals surface area contributed by atoms with E-state index in [2.05, 4.69) is 0 Å². The summed E-state index contributed by atoms with van der Waals surface area (Å²) in [5, 5.41) is 18.8. The van der Waals surface area contributed by atoms with E-state index in [9.17, 15) is 29.4 Å². The van der Waals surface area contributed by atoms with Crippen molar-refractivity contribution in [1.29, 1.82) is 0 Å². The summed E-state index contributed by atoms with van der Waals surface area (Å²) in [6.07, 6.45) is 13.8. The standard InChI is InChI=1S/C30H40O6/c1-29(2,19-31)13-7-5-9-21-15-25(33)17-23(27(21)35)11-12-24-18-26(34)16-22(28(24)36)10-6-8-14-30(3,4)20-32/h11-12,15-18,31-32H,5-10,13-14,19-20H2,1-4H3/b12-11+. The Morgan fingerprint density at radius 3 is 1.31 bits per heavy atom. The van der Waals surface area contributed by atoms with Gasteiger partial charge in [-0.15, -0.1) is 0 Å². The van der Waals surface area contributed by atoms with Gasteiger partial charge in [0.05, 0.1) is 0 Å². The summed E-state index contributed by atoms with van der Waals surface area (Å²) in [4.78, 5) is 50.2. The highest BCUT2D eigenvalue weighted by Crippen LogP contribution is 2.27. The molecule has 36 heavy (non-hydrogen) atoms. The zero-order valence-corrected chi connectivity index (χ0v) is 22.1. The second kappa shape index (κ2) is 13.0. The lowest BCUT2D eigenvalue weighted by Crippen LogP contribution is -2.17. The number of hydrogen-bond donors (Lipinski definition) is 2. The van der Waals surface area contributed by atoms with Gasteiger partial charge in [0.1, 0.15) is 0 Å². The van der Waals surface area contributed by atoms with Crippen molar-refractivity contribution in [2.45, 2.75) is 79.1 Å². The summed E-state index contributed by atoms with van der Waals surface area (Å²) >= 11 is 0. The molecule has 0 aliphatic heterocycles. The molecule has 0 heterocycles. The first-order valence-corrected chi connectivity index (χ1v) is 12.8. The maximum absolute atomic E-state index is 12.9. The number of allylic oxidation sites excluding steroid dienone is 10. The number of hydrogen-bond acceptors (Lipinski definition) is 6. The number of carbonyl (C=O) groups is 4. The molecule has 0 amide bonds. The lowest BCUT2D eigenvalue weighted by molar-refractivity contribution is -0.115. The fraction of sp³-hybridized carbons (Fsp3) is 0.533. The van der Waals surface area contributed by atoms with Gasteiger partial charge in [-0.25, -0.2) is 0 Å². The fourth-order valence-electron chi connectivity index (χ4n) is 4.16.